The first-order chi connectivity index (χ1) is 8.25. The van der Waals surface area contributed by atoms with Crippen LogP contribution in [0, 0.1) is 17.8 Å². The third-order valence-corrected chi connectivity index (χ3v) is 4.50. The van der Waals surface area contributed by atoms with Crippen molar-refractivity contribution in [2.45, 2.75) is 32.2 Å². The quantitative estimate of drug-likeness (QED) is 0.845. The monoisotopic (exact) mass is 253 g/mol. The average molecular weight is 254 g/mol. The first kappa shape index (κ1) is 11.5. The average Bonchev–Trinajstić information content (AvgIpc) is 3.20. The number of aromatic nitrogens is 2. The molecule has 0 bridgehead atoms. The maximum absolute atomic E-state index is 5.96. The van der Waals surface area contributed by atoms with Gasteiger partial charge in [0.05, 0.1) is 12.7 Å². The highest BCUT2D eigenvalue weighted by Crippen LogP contribution is 2.48. The van der Waals surface area contributed by atoms with Gasteiger partial charge in [0.15, 0.2) is 0 Å². The van der Waals surface area contributed by atoms with Crippen LogP contribution in [0.1, 0.15) is 31.5 Å². The van der Waals surface area contributed by atoms with E-state index in [2.05, 4.69) is 10.3 Å². The molecule has 1 aromatic rings. The van der Waals surface area contributed by atoms with E-state index in [0.717, 1.165) is 36.7 Å². The largest absolute Gasteiger partial charge is 0.321 e. The number of halogens is 1. The maximum Gasteiger partial charge on any atom is 0.128 e. The van der Waals surface area contributed by atoms with Crippen molar-refractivity contribution in [3.63, 3.8) is 0 Å². The maximum atomic E-state index is 5.96. The van der Waals surface area contributed by atoms with Gasteiger partial charge in [0.25, 0.3) is 0 Å². The summed E-state index contributed by atoms with van der Waals surface area (Å²) in [7, 11) is 1.96. The number of nitrogens with zero attached hydrogens (tertiary/aromatic N) is 2. The molecule has 2 saturated carbocycles. The minimum Gasteiger partial charge on any atom is -0.321 e. The third kappa shape index (κ3) is 2.66. The van der Waals surface area contributed by atoms with Crippen LogP contribution in [0.4, 0.5) is 0 Å². The first-order valence-corrected chi connectivity index (χ1v) is 7.00. The number of nitrogens with one attached hydrogen (secondary N) is 1. The zero-order valence-electron chi connectivity index (χ0n) is 10.3. The first-order valence-electron chi connectivity index (χ1n) is 6.62. The summed E-state index contributed by atoms with van der Waals surface area (Å²) in [5.74, 6) is 3.98. The van der Waals surface area contributed by atoms with E-state index < -0.39 is 0 Å². The summed E-state index contributed by atoms with van der Waals surface area (Å²) in [6, 6.07) is 0. The highest BCUT2D eigenvalue weighted by atomic mass is 35.5. The highest BCUT2D eigenvalue weighted by Gasteiger charge is 2.40. The molecule has 17 heavy (non-hydrogen) atoms. The molecule has 0 spiro atoms. The van der Waals surface area contributed by atoms with Crippen LogP contribution in [0.3, 0.4) is 0 Å². The minimum absolute atomic E-state index is 0.711. The van der Waals surface area contributed by atoms with Crippen LogP contribution in [0.25, 0.3) is 0 Å². The predicted molar refractivity (Wildman–Crippen MR) is 68.9 cm³/mol. The summed E-state index contributed by atoms with van der Waals surface area (Å²) < 4.78 is 1.94. The number of rotatable bonds is 6. The molecule has 3 nitrogen and oxygen atoms in total. The Morgan fingerprint density at radius 1 is 1.41 bits per heavy atom. The van der Waals surface area contributed by atoms with Crippen LogP contribution < -0.4 is 5.32 Å². The van der Waals surface area contributed by atoms with Crippen LogP contribution in [0.15, 0.2) is 6.20 Å². The van der Waals surface area contributed by atoms with Crippen molar-refractivity contribution in [3.05, 3.63) is 17.2 Å². The van der Waals surface area contributed by atoms with E-state index in [1.807, 2.05) is 11.6 Å². The van der Waals surface area contributed by atoms with Crippen LogP contribution in [0.2, 0.25) is 5.15 Å². The van der Waals surface area contributed by atoms with Crippen molar-refractivity contribution in [2.24, 2.45) is 24.8 Å². The van der Waals surface area contributed by atoms with E-state index >= 15 is 0 Å². The van der Waals surface area contributed by atoms with Gasteiger partial charge in [-0.05, 0) is 50.0 Å². The van der Waals surface area contributed by atoms with E-state index in [4.69, 9.17) is 11.6 Å². The smallest absolute Gasteiger partial charge is 0.128 e. The zero-order chi connectivity index (χ0) is 11.8. The fourth-order valence-corrected chi connectivity index (χ4v) is 2.85. The van der Waals surface area contributed by atoms with Crippen molar-refractivity contribution >= 4 is 11.6 Å². The molecule has 2 aliphatic carbocycles. The molecule has 1 N–H and O–H groups in total. The molecule has 0 atom stereocenters. The van der Waals surface area contributed by atoms with Crippen LogP contribution in [0.5, 0.6) is 0 Å². The van der Waals surface area contributed by atoms with Crippen molar-refractivity contribution < 1.29 is 0 Å². The van der Waals surface area contributed by atoms with E-state index in [1.54, 1.807) is 6.20 Å². The molecule has 1 aromatic heterocycles. The van der Waals surface area contributed by atoms with Gasteiger partial charge in [0, 0.05) is 7.05 Å². The Morgan fingerprint density at radius 3 is 2.53 bits per heavy atom. The second-order valence-corrected chi connectivity index (χ2v) is 5.91. The Hall–Kier alpha value is -0.540. The second kappa shape index (κ2) is 4.62. The Morgan fingerprint density at radius 2 is 2.06 bits per heavy atom. The van der Waals surface area contributed by atoms with Crippen LogP contribution >= 0.6 is 11.6 Å². The van der Waals surface area contributed by atoms with Gasteiger partial charge < -0.3 is 9.88 Å². The lowest BCUT2D eigenvalue weighted by Gasteiger charge is -2.16. The number of hydrogen-bond donors (Lipinski definition) is 1. The lowest BCUT2D eigenvalue weighted by Crippen LogP contribution is -2.26. The minimum atomic E-state index is 0.711. The van der Waals surface area contributed by atoms with Gasteiger partial charge in [0.2, 0.25) is 0 Å². The lowest BCUT2D eigenvalue weighted by atomic mass is 9.98. The SMILES string of the molecule is Cn1c(Cl)cnc1CNCC(C1CC1)C1CC1. The summed E-state index contributed by atoms with van der Waals surface area (Å²) >= 11 is 5.96. The normalized spacial score (nSPS) is 20.2. The summed E-state index contributed by atoms with van der Waals surface area (Å²) in [6.45, 7) is 1.99. The molecule has 4 heteroatoms. The Kier molecular flexibility index (Phi) is 3.14. The number of imidazole rings is 1. The Bertz CT molecular complexity index is 381. The molecule has 2 fully saturated rings. The highest BCUT2D eigenvalue weighted by molar-refractivity contribution is 6.29. The van der Waals surface area contributed by atoms with Gasteiger partial charge in [-0.15, -0.1) is 0 Å². The molecule has 0 amide bonds. The zero-order valence-corrected chi connectivity index (χ0v) is 11.1. The van der Waals surface area contributed by atoms with E-state index in [0.29, 0.717) is 5.15 Å². The fraction of sp³-hybridized carbons (Fsp3) is 0.769. The van der Waals surface area contributed by atoms with Crippen LogP contribution in [-0.4, -0.2) is 16.1 Å². The summed E-state index contributed by atoms with van der Waals surface area (Å²) in [5.41, 5.74) is 0. The van der Waals surface area contributed by atoms with Gasteiger partial charge >= 0.3 is 0 Å². The van der Waals surface area contributed by atoms with Gasteiger partial charge in [-0.3, -0.25) is 0 Å². The van der Waals surface area contributed by atoms with Gasteiger partial charge in [0.1, 0.15) is 11.0 Å². The molecule has 0 saturated heterocycles. The number of hydrogen-bond acceptors (Lipinski definition) is 2. The molecule has 3 rings (SSSR count). The molecular weight excluding hydrogens is 234 g/mol. The second-order valence-electron chi connectivity index (χ2n) is 5.53. The van der Waals surface area contributed by atoms with Crippen LogP contribution in [-0.2, 0) is 13.6 Å². The van der Waals surface area contributed by atoms with Crippen molar-refractivity contribution in [3.8, 4) is 0 Å². The lowest BCUT2D eigenvalue weighted by molar-refractivity contribution is 0.376. The molecule has 1 heterocycles. The molecule has 94 valence electrons. The van der Waals surface area contributed by atoms with Crippen molar-refractivity contribution in [1.82, 2.24) is 14.9 Å². The Balaban J connectivity index is 1.49. The van der Waals surface area contributed by atoms with Gasteiger partial charge in [-0.25, -0.2) is 4.98 Å². The molecule has 0 aromatic carbocycles. The molecule has 0 unspecified atom stereocenters. The van der Waals surface area contributed by atoms with Gasteiger partial charge in [-0.2, -0.15) is 0 Å². The molecule has 2 aliphatic rings. The van der Waals surface area contributed by atoms with Crippen molar-refractivity contribution in [1.29, 1.82) is 0 Å². The fourth-order valence-electron chi connectivity index (χ4n) is 2.71. The molecular formula is C13H20ClN3. The molecule has 0 radical (unpaired) electrons. The topological polar surface area (TPSA) is 29.9 Å². The van der Waals surface area contributed by atoms with Crippen molar-refractivity contribution in [2.75, 3.05) is 6.54 Å². The summed E-state index contributed by atoms with van der Waals surface area (Å²) in [4.78, 5) is 4.30. The van der Waals surface area contributed by atoms with Gasteiger partial charge in [-0.1, -0.05) is 11.6 Å². The van der Waals surface area contributed by atoms with E-state index in [1.165, 1.54) is 25.7 Å². The third-order valence-electron chi connectivity index (χ3n) is 4.15. The summed E-state index contributed by atoms with van der Waals surface area (Å²) in [6.07, 6.45) is 7.54. The molecule has 0 aliphatic heterocycles. The Labute approximate surface area is 108 Å². The summed E-state index contributed by atoms with van der Waals surface area (Å²) in [5, 5.41) is 4.27. The standard InChI is InChI=1S/C13H20ClN3/c1-17-12(14)7-16-13(17)8-15-6-11(9-2-3-9)10-4-5-10/h7,9-11,15H,2-6,8H2,1H3. The van der Waals surface area contributed by atoms with E-state index in [9.17, 15) is 0 Å². The predicted octanol–water partition coefficient (Wildman–Crippen LogP) is 2.60. The van der Waals surface area contributed by atoms with E-state index in [-0.39, 0.29) is 0 Å².